The van der Waals surface area contributed by atoms with Crippen LogP contribution < -0.4 is 0 Å². The summed E-state index contributed by atoms with van der Waals surface area (Å²) in [7, 11) is 0. The number of hydrogen-bond acceptors (Lipinski definition) is 2. The minimum Gasteiger partial charge on any atom is -0.294 e. The summed E-state index contributed by atoms with van der Waals surface area (Å²) in [5.74, 6) is 0.620. The molecule has 0 heterocycles. The molecule has 3 heteroatoms. The molecule has 19 heavy (non-hydrogen) atoms. The van der Waals surface area contributed by atoms with Gasteiger partial charge in [-0.1, -0.05) is 37.3 Å². The number of thioether (sulfide) groups is 1. The van der Waals surface area contributed by atoms with Gasteiger partial charge in [0.1, 0.15) is 5.82 Å². The van der Waals surface area contributed by atoms with Crippen LogP contribution in [0.1, 0.15) is 22.8 Å². The molecule has 0 saturated carbocycles. The van der Waals surface area contributed by atoms with Crippen molar-refractivity contribution in [1.82, 2.24) is 0 Å². The van der Waals surface area contributed by atoms with Crippen molar-refractivity contribution in [3.63, 3.8) is 0 Å². The molecule has 98 valence electrons. The first-order valence-electron chi connectivity index (χ1n) is 6.20. The van der Waals surface area contributed by atoms with Crippen LogP contribution in [0.4, 0.5) is 4.39 Å². The molecule has 0 amide bonds. The van der Waals surface area contributed by atoms with Crippen molar-refractivity contribution in [2.24, 2.45) is 0 Å². The van der Waals surface area contributed by atoms with Crippen LogP contribution in [0.2, 0.25) is 0 Å². The zero-order chi connectivity index (χ0) is 13.7. The van der Waals surface area contributed by atoms with E-state index < -0.39 is 0 Å². The van der Waals surface area contributed by atoms with Crippen molar-refractivity contribution in [3.05, 3.63) is 65.5 Å². The third kappa shape index (κ3) is 3.67. The molecular formula is C16H15FOS. The van der Waals surface area contributed by atoms with Gasteiger partial charge in [-0.05, 0) is 29.5 Å². The van der Waals surface area contributed by atoms with Crippen molar-refractivity contribution in [2.75, 3.05) is 5.75 Å². The second-order valence-electron chi connectivity index (χ2n) is 4.15. The lowest BCUT2D eigenvalue weighted by atomic mass is 10.0. The summed E-state index contributed by atoms with van der Waals surface area (Å²) >= 11 is 1.73. The zero-order valence-electron chi connectivity index (χ0n) is 10.7. The lowest BCUT2D eigenvalue weighted by molar-refractivity contribution is 0.0992. The summed E-state index contributed by atoms with van der Waals surface area (Å²) in [5.41, 5.74) is 1.07. The Kier molecular flexibility index (Phi) is 4.74. The molecule has 0 aliphatic carbocycles. The van der Waals surface area contributed by atoms with Gasteiger partial charge in [-0.15, -0.1) is 11.8 Å². The summed E-state index contributed by atoms with van der Waals surface area (Å²) in [5, 5.41) is 0. The Morgan fingerprint density at radius 2 is 1.79 bits per heavy atom. The largest absolute Gasteiger partial charge is 0.294 e. The summed E-state index contributed by atoms with van der Waals surface area (Å²) < 4.78 is 13.5. The first-order chi connectivity index (χ1) is 9.20. The van der Waals surface area contributed by atoms with E-state index in [0.717, 1.165) is 10.6 Å². The van der Waals surface area contributed by atoms with Crippen LogP contribution in [0.5, 0.6) is 0 Å². The molecule has 0 saturated heterocycles. The Balaban J connectivity index is 2.10. The minimum atomic E-state index is -0.325. The second kappa shape index (κ2) is 6.53. The quantitative estimate of drug-likeness (QED) is 0.595. The van der Waals surface area contributed by atoms with Crippen molar-refractivity contribution >= 4 is 17.5 Å². The van der Waals surface area contributed by atoms with Gasteiger partial charge in [0, 0.05) is 16.9 Å². The molecule has 0 spiro atoms. The van der Waals surface area contributed by atoms with E-state index in [2.05, 4.69) is 6.92 Å². The maximum Gasteiger partial charge on any atom is 0.167 e. The molecular weight excluding hydrogens is 259 g/mol. The Morgan fingerprint density at radius 1 is 1.11 bits per heavy atom. The third-order valence-electron chi connectivity index (χ3n) is 2.80. The number of benzene rings is 2. The molecule has 0 atom stereocenters. The van der Waals surface area contributed by atoms with Crippen LogP contribution in [0, 0.1) is 5.82 Å². The van der Waals surface area contributed by atoms with Gasteiger partial charge >= 0.3 is 0 Å². The van der Waals surface area contributed by atoms with E-state index in [-0.39, 0.29) is 18.0 Å². The van der Waals surface area contributed by atoms with E-state index in [1.54, 1.807) is 42.1 Å². The molecule has 2 aromatic carbocycles. The lowest BCUT2D eigenvalue weighted by Gasteiger charge is -2.04. The molecule has 0 aliphatic rings. The number of ketones is 1. The van der Waals surface area contributed by atoms with Crippen molar-refractivity contribution in [2.45, 2.75) is 18.2 Å². The van der Waals surface area contributed by atoms with Crippen LogP contribution in [0.25, 0.3) is 0 Å². The molecule has 0 fully saturated rings. The van der Waals surface area contributed by atoms with E-state index in [9.17, 15) is 9.18 Å². The third-order valence-corrected chi connectivity index (χ3v) is 3.69. The van der Waals surface area contributed by atoms with Gasteiger partial charge in [-0.3, -0.25) is 4.79 Å². The molecule has 0 N–H and O–H groups in total. The van der Waals surface area contributed by atoms with Gasteiger partial charge in [0.15, 0.2) is 5.78 Å². The van der Waals surface area contributed by atoms with Crippen molar-refractivity contribution in [1.29, 1.82) is 0 Å². The lowest BCUT2D eigenvalue weighted by Crippen LogP contribution is -2.04. The van der Waals surface area contributed by atoms with E-state index in [1.165, 1.54) is 6.07 Å². The van der Waals surface area contributed by atoms with Gasteiger partial charge in [0.2, 0.25) is 0 Å². The average Bonchev–Trinajstić information content (AvgIpc) is 2.42. The van der Waals surface area contributed by atoms with E-state index in [4.69, 9.17) is 0 Å². The van der Waals surface area contributed by atoms with Crippen molar-refractivity contribution in [3.8, 4) is 0 Å². The molecule has 0 bridgehead atoms. The maximum absolute atomic E-state index is 13.5. The van der Waals surface area contributed by atoms with Gasteiger partial charge in [0.05, 0.1) is 0 Å². The Hall–Kier alpha value is -1.61. The highest BCUT2D eigenvalue weighted by atomic mass is 32.2. The van der Waals surface area contributed by atoms with E-state index in [1.807, 2.05) is 12.1 Å². The standard InChI is InChI=1S/C16H15FOS/c1-2-19-14-9-7-12(8-10-14)16(18)11-13-5-3-4-6-15(13)17/h3-10H,2,11H2,1H3. The molecule has 2 aromatic rings. The number of hydrogen-bond donors (Lipinski definition) is 0. The van der Waals surface area contributed by atoms with Crippen LogP contribution in [-0.4, -0.2) is 11.5 Å². The monoisotopic (exact) mass is 274 g/mol. The second-order valence-corrected chi connectivity index (χ2v) is 5.49. The maximum atomic E-state index is 13.5. The fourth-order valence-corrected chi connectivity index (χ4v) is 2.48. The van der Waals surface area contributed by atoms with Gasteiger partial charge < -0.3 is 0 Å². The van der Waals surface area contributed by atoms with Gasteiger partial charge in [-0.25, -0.2) is 4.39 Å². The summed E-state index contributed by atoms with van der Waals surface area (Å²) in [6, 6.07) is 13.9. The Bertz CT molecular complexity index is 563. The molecule has 1 nitrogen and oxygen atoms in total. The predicted octanol–water partition coefficient (Wildman–Crippen LogP) is 4.36. The first kappa shape index (κ1) is 13.8. The predicted molar refractivity (Wildman–Crippen MR) is 77.3 cm³/mol. The van der Waals surface area contributed by atoms with Gasteiger partial charge in [0.25, 0.3) is 0 Å². The Labute approximate surface area is 116 Å². The highest BCUT2D eigenvalue weighted by Crippen LogP contribution is 2.19. The summed E-state index contributed by atoms with van der Waals surface area (Å²) in [6.07, 6.45) is 0.104. The summed E-state index contributed by atoms with van der Waals surface area (Å²) in [4.78, 5) is 13.2. The topological polar surface area (TPSA) is 17.1 Å². The first-order valence-corrected chi connectivity index (χ1v) is 7.18. The Morgan fingerprint density at radius 3 is 2.42 bits per heavy atom. The van der Waals surface area contributed by atoms with Crippen molar-refractivity contribution < 1.29 is 9.18 Å². The normalized spacial score (nSPS) is 10.4. The highest BCUT2D eigenvalue weighted by molar-refractivity contribution is 7.99. The fraction of sp³-hybridized carbons (Fsp3) is 0.188. The van der Waals surface area contributed by atoms with Crippen LogP contribution in [0.3, 0.4) is 0 Å². The molecule has 0 aromatic heterocycles. The number of rotatable bonds is 5. The number of halogens is 1. The minimum absolute atomic E-state index is 0.0573. The smallest absolute Gasteiger partial charge is 0.167 e. The average molecular weight is 274 g/mol. The van der Waals surface area contributed by atoms with Crippen LogP contribution in [0.15, 0.2) is 53.4 Å². The van der Waals surface area contributed by atoms with Gasteiger partial charge in [-0.2, -0.15) is 0 Å². The van der Waals surface area contributed by atoms with E-state index in [0.29, 0.717) is 11.1 Å². The van der Waals surface area contributed by atoms with Crippen LogP contribution in [-0.2, 0) is 6.42 Å². The molecule has 0 radical (unpaired) electrons. The highest BCUT2D eigenvalue weighted by Gasteiger charge is 2.09. The van der Waals surface area contributed by atoms with Crippen LogP contribution >= 0.6 is 11.8 Å². The van der Waals surface area contributed by atoms with E-state index >= 15 is 0 Å². The molecule has 0 aliphatic heterocycles. The molecule has 0 unspecified atom stereocenters. The zero-order valence-corrected chi connectivity index (χ0v) is 11.5. The fourth-order valence-electron chi connectivity index (χ4n) is 1.82. The SMILES string of the molecule is CCSc1ccc(C(=O)Cc2ccccc2F)cc1. The number of carbonyl (C=O) groups is 1. The number of carbonyl (C=O) groups excluding carboxylic acids is 1. The molecule has 2 rings (SSSR count). The number of Topliss-reactive ketones (excluding diaryl/α,β-unsaturated/α-hetero) is 1. The summed E-state index contributed by atoms with van der Waals surface area (Å²) in [6.45, 7) is 2.09.